The van der Waals surface area contributed by atoms with Crippen LogP contribution in [0, 0.1) is 0 Å². The van der Waals surface area contributed by atoms with Gasteiger partial charge >= 0.3 is 0 Å². The maximum atomic E-state index is 13.0. The summed E-state index contributed by atoms with van der Waals surface area (Å²) in [6.07, 6.45) is 8.40. The fourth-order valence-electron chi connectivity index (χ4n) is 4.35. The van der Waals surface area contributed by atoms with Gasteiger partial charge in [-0.15, -0.1) is 0 Å². The van der Waals surface area contributed by atoms with Gasteiger partial charge in [-0.05, 0) is 48.4 Å². The molecule has 1 atom stereocenters. The lowest BCUT2D eigenvalue weighted by molar-refractivity contribution is 0.0913. The predicted molar refractivity (Wildman–Crippen MR) is 137 cm³/mol. The number of hydrogen-bond donors (Lipinski definition) is 1. The zero-order chi connectivity index (χ0) is 24.3. The topological polar surface area (TPSA) is 86.6 Å². The predicted octanol–water partition coefficient (Wildman–Crippen LogP) is 3.22. The van der Waals surface area contributed by atoms with Crippen LogP contribution in [0.5, 0.6) is 0 Å². The molecule has 2 aliphatic heterocycles. The minimum absolute atomic E-state index is 0.257. The highest BCUT2D eigenvalue weighted by Gasteiger charge is 2.37. The largest absolute Gasteiger partial charge is 0.354 e. The molecule has 0 radical (unpaired) electrons. The van der Waals surface area contributed by atoms with Crippen molar-refractivity contribution in [1.82, 2.24) is 25.2 Å². The highest BCUT2D eigenvalue weighted by molar-refractivity contribution is 6.30. The summed E-state index contributed by atoms with van der Waals surface area (Å²) in [5.74, 6) is 0.689. The van der Waals surface area contributed by atoms with Crippen LogP contribution in [0.4, 0.5) is 5.82 Å². The molecule has 1 N–H and O–H groups in total. The number of amides is 1. The van der Waals surface area contributed by atoms with Crippen molar-refractivity contribution in [2.45, 2.75) is 12.6 Å². The summed E-state index contributed by atoms with van der Waals surface area (Å²) in [6.45, 7) is 6.17. The number of anilines is 1. The fraction of sp³-hybridized carbons (Fsp3) is 0.269. The number of aliphatic imine (C=N–C) groups is 1. The van der Waals surface area contributed by atoms with E-state index in [0.29, 0.717) is 11.6 Å². The summed E-state index contributed by atoms with van der Waals surface area (Å²) in [4.78, 5) is 35.2. The fourth-order valence-corrected chi connectivity index (χ4v) is 4.47. The van der Waals surface area contributed by atoms with Gasteiger partial charge in [0.15, 0.2) is 5.66 Å². The van der Waals surface area contributed by atoms with Gasteiger partial charge in [0.25, 0.3) is 5.91 Å². The van der Waals surface area contributed by atoms with Crippen molar-refractivity contribution in [3.05, 3.63) is 95.2 Å². The molecule has 2 aliphatic rings. The second-order valence-corrected chi connectivity index (χ2v) is 9.18. The third-order valence-electron chi connectivity index (χ3n) is 6.31. The van der Waals surface area contributed by atoms with Crippen LogP contribution in [-0.2, 0) is 0 Å². The summed E-state index contributed by atoms with van der Waals surface area (Å²) < 4.78 is 0. The molecule has 0 aliphatic carbocycles. The lowest BCUT2D eigenvalue weighted by Gasteiger charge is -2.37. The van der Waals surface area contributed by atoms with E-state index in [4.69, 9.17) is 16.6 Å². The first kappa shape index (κ1) is 23.1. The molecular formula is C26H26ClN7O. The maximum absolute atomic E-state index is 13.0. The molecule has 0 spiro atoms. The third-order valence-corrected chi connectivity index (χ3v) is 6.56. The van der Waals surface area contributed by atoms with Crippen molar-refractivity contribution >= 4 is 29.0 Å². The highest BCUT2D eigenvalue weighted by Crippen LogP contribution is 2.29. The van der Waals surface area contributed by atoms with Gasteiger partial charge in [0.2, 0.25) is 0 Å². The zero-order valence-electron chi connectivity index (χ0n) is 19.4. The molecule has 5 rings (SSSR count). The molecule has 1 aromatic carbocycles. The molecule has 1 saturated heterocycles. The van der Waals surface area contributed by atoms with Gasteiger partial charge in [-0.25, -0.2) is 9.97 Å². The Morgan fingerprint density at radius 3 is 2.51 bits per heavy atom. The molecule has 1 amide bonds. The minimum atomic E-state index is -0.901. The number of piperazine rings is 1. The van der Waals surface area contributed by atoms with E-state index in [1.807, 2.05) is 55.6 Å². The average molecular weight is 488 g/mol. The second kappa shape index (κ2) is 9.93. The van der Waals surface area contributed by atoms with Crippen LogP contribution in [0.15, 0.2) is 83.9 Å². The highest BCUT2D eigenvalue weighted by atomic mass is 35.5. The van der Waals surface area contributed by atoms with Crippen LogP contribution in [0.25, 0.3) is 0 Å². The van der Waals surface area contributed by atoms with Crippen molar-refractivity contribution in [2.75, 3.05) is 37.6 Å². The second-order valence-electron chi connectivity index (χ2n) is 8.74. The molecule has 1 fully saturated rings. The Hall–Kier alpha value is -3.62. The van der Waals surface area contributed by atoms with Gasteiger partial charge in [-0.3, -0.25) is 19.7 Å². The maximum Gasteiger partial charge on any atom is 0.273 e. The van der Waals surface area contributed by atoms with Gasteiger partial charge in [-0.2, -0.15) is 0 Å². The van der Waals surface area contributed by atoms with Crippen LogP contribution in [0.1, 0.15) is 23.0 Å². The van der Waals surface area contributed by atoms with Crippen LogP contribution in [0.2, 0.25) is 5.02 Å². The summed E-state index contributed by atoms with van der Waals surface area (Å²) in [7, 11) is 0. The van der Waals surface area contributed by atoms with E-state index in [1.165, 1.54) is 12.4 Å². The van der Waals surface area contributed by atoms with Gasteiger partial charge in [0.1, 0.15) is 11.5 Å². The summed E-state index contributed by atoms with van der Waals surface area (Å²) in [5, 5.41) is 3.75. The summed E-state index contributed by atoms with van der Waals surface area (Å²) in [5.41, 5.74) is 2.13. The van der Waals surface area contributed by atoms with E-state index in [0.717, 1.165) is 48.8 Å². The van der Waals surface area contributed by atoms with Crippen LogP contribution in [0.3, 0.4) is 0 Å². The first-order valence-corrected chi connectivity index (χ1v) is 11.9. The summed E-state index contributed by atoms with van der Waals surface area (Å²) in [6, 6.07) is 13.6. The van der Waals surface area contributed by atoms with Gasteiger partial charge in [0.05, 0.1) is 11.9 Å². The third kappa shape index (κ3) is 5.23. The minimum Gasteiger partial charge on any atom is -0.354 e. The van der Waals surface area contributed by atoms with E-state index in [9.17, 15) is 4.79 Å². The molecule has 0 saturated carbocycles. The SMILES string of the molecule is CC1(NC(=O)c2cnccn2)N=C(c2ccc(Cl)cc2)C=C1CN1CCN(c2ccccn2)CC1. The lowest BCUT2D eigenvalue weighted by Crippen LogP contribution is -2.51. The number of benzene rings is 1. The smallest absolute Gasteiger partial charge is 0.273 e. The van der Waals surface area contributed by atoms with Crippen molar-refractivity contribution in [2.24, 2.45) is 4.99 Å². The number of rotatable bonds is 6. The van der Waals surface area contributed by atoms with Crippen molar-refractivity contribution in [3.63, 3.8) is 0 Å². The van der Waals surface area contributed by atoms with E-state index in [-0.39, 0.29) is 11.6 Å². The number of hydrogen-bond acceptors (Lipinski definition) is 7. The van der Waals surface area contributed by atoms with Gasteiger partial charge < -0.3 is 10.2 Å². The summed E-state index contributed by atoms with van der Waals surface area (Å²) >= 11 is 6.08. The van der Waals surface area contributed by atoms with Crippen molar-refractivity contribution in [3.8, 4) is 0 Å². The zero-order valence-corrected chi connectivity index (χ0v) is 20.2. The van der Waals surface area contributed by atoms with Crippen molar-refractivity contribution in [1.29, 1.82) is 0 Å². The number of carbonyl (C=O) groups is 1. The molecule has 35 heavy (non-hydrogen) atoms. The Morgan fingerprint density at radius 2 is 1.83 bits per heavy atom. The average Bonchev–Trinajstić information content (AvgIpc) is 3.21. The van der Waals surface area contributed by atoms with Crippen LogP contribution >= 0.6 is 11.6 Å². The van der Waals surface area contributed by atoms with E-state index in [1.54, 1.807) is 6.20 Å². The Labute approximate surface area is 209 Å². The standard InChI is InChI=1S/C26H26ClN7O/c1-26(32-25(35)23-17-28-10-11-29-23)20(16-22(31-26)19-5-7-21(27)8-6-19)18-33-12-14-34(15-13-33)24-4-2-3-9-30-24/h2-11,16-17H,12-15,18H2,1H3,(H,32,35). The van der Waals surface area contributed by atoms with E-state index >= 15 is 0 Å². The molecule has 0 bridgehead atoms. The number of pyridine rings is 1. The molecule has 8 nitrogen and oxygen atoms in total. The first-order chi connectivity index (χ1) is 17.0. The molecule has 2 aromatic heterocycles. The van der Waals surface area contributed by atoms with Crippen LogP contribution in [-0.4, -0.2) is 69.9 Å². The first-order valence-electron chi connectivity index (χ1n) is 11.5. The lowest BCUT2D eigenvalue weighted by atomic mass is 10.0. The molecule has 3 aromatic rings. The molecule has 9 heteroatoms. The van der Waals surface area contributed by atoms with E-state index in [2.05, 4.69) is 36.1 Å². The van der Waals surface area contributed by atoms with Gasteiger partial charge in [-0.1, -0.05) is 29.8 Å². The number of halogens is 1. The van der Waals surface area contributed by atoms with Gasteiger partial charge in [0, 0.05) is 56.3 Å². The quantitative estimate of drug-likeness (QED) is 0.574. The van der Waals surface area contributed by atoms with Crippen LogP contribution < -0.4 is 10.2 Å². The van der Waals surface area contributed by atoms with Crippen molar-refractivity contribution < 1.29 is 4.79 Å². The molecule has 4 heterocycles. The normalized spacial score (nSPS) is 20.3. The number of nitrogens with one attached hydrogen (secondary N) is 1. The number of allylic oxidation sites excluding steroid dienone is 1. The number of aromatic nitrogens is 3. The Morgan fingerprint density at radius 1 is 1.03 bits per heavy atom. The number of carbonyl (C=O) groups excluding carboxylic acids is 1. The number of nitrogens with zero attached hydrogens (tertiary/aromatic N) is 6. The Kier molecular flexibility index (Phi) is 6.57. The Bertz CT molecular complexity index is 1240. The molecule has 1 unspecified atom stereocenters. The molecular weight excluding hydrogens is 462 g/mol. The monoisotopic (exact) mass is 487 g/mol. The van der Waals surface area contributed by atoms with E-state index < -0.39 is 5.66 Å². The molecule has 178 valence electrons. The Balaban J connectivity index is 1.35.